The second kappa shape index (κ2) is 5.16. The van der Waals surface area contributed by atoms with Crippen LogP contribution in [-0.2, 0) is 0 Å². The first-order chi connectivity index (χ1) is 8.84. The van der Waals surface area contributed by atoms with E-state index in [1.165, 1.54) is 24.1 Å². The summed E-state index contributed by atoms with van der Waals surface area (Å²) in [4.78, 5) is 10.4. The van der Waals surface area contributed by atoms with Crippen LogP contribution in [0.4, 0.5) is 0 Å². The molecular formula is C14H17N3S. The number of aromatic nitrogens is 2. The zero-order valence-electron chi connectivity index (χ0n) is 10.5. The SMILES string of the molecule is Cc1nc(-c2ccccn2)sc1C1CCCCN1. The van der Waals surface area contributed by atoms with Crippen molar-refractivity contribution in [2.45, 2.75) is 32.2 Å². The molecule has 1 aliphatic rings. The van der Waals surface area contributed by atoms with E-state index in [1.54, 1.807) is 11.3 Å². The summed E-state index contributed by atoms with van der Waals surface area (Å²) in [5.41, 5.74) is 2.13. The predicted molar refractivity (Wildman–Crippen MR) is 74.7 cm³/mol. The van der Waals surface area contributed by atoms with Gasteiger partial charge in [-0.05, 0) is 38.4 Å². The molecule has 3 heterocycles. The quantitative estimate of drug-likeness (QED) is 0.899. The third kappa shape index (κ3) is 2.31. The first-order valence-corrected chi connectivity index (χ1v) is 7.28. The standard InChI is InChI=1S/C14H17N3S/c1-10-13(11-6-2-4-8-15-11)18-14(17-10)12-7-3-5-9-16-12/h3,5,7,9,11,15H,2,4,6,8H2,1H3. The molecule has 0 saturated carbocycles. The van der Waals surface area contributed by atoms with Gasteiger partial charge in [0.2, 0.25) is 0 Å². The summed E-state index contributed by atoms with van der Waals surface area (Å²) < 4.78 is 0. The lowest BCUT2D eigenvalue weighted by Gasteiger charge is -2.22. The van der Waals surface area contributed by atoms with Crippen LogP contribution >= 0.6 is 11.3 Å². The summed E-state index contributed by atoms with van der Waals surface area (Å²) in [7, 11) is 0. The largest absolute Gasteiger partial charge is 0.309 e. The molecule has 94 valence electrons. The molecule has 0 aliphatic carbocycles. The van der Waals surface area contributed by atoms with Gasteiger partial charge in [-0.3, -0.25) is 4.98 Å². The fourth-order valence-corrected chi connectivity index (χ4v) is 3.56. The molecule has 1 saturated heterocycles. The van der Waals surface area contributed by atoms with Gasteiger partial charge >= 0.3 is 0 Å². The highest BCUT2D eigenvalue weighted by Crippen LogP contribution is 2.34. The molecule has 0 aromatic carbocycles. The van der Waals surface area contributed by atoms with Crippen LogP contribution in [0, 0.1) is 6.92 Å². The second-order valence-electron chi connectivity index (χ2n) is 4.69. The van der Waals surface area contributed by atoms with E-state index in [0.29, 0.717) is 6.04 Å². The molecule has 18 heavy (non-hydrogen) atoms. The van der Waals surface area contributed by atoms with Gasteiger partial charge in [-0.25, -0.2) is 4.98 Å². The van der Waals surface area contributed by atoms with Crippen molar-refractivity contribution in [1.82, 2.24) is 15.3 Å². The number of pyridine rings is 1. The number of nitrogens with one attached hydrogen (secondary N) is 1. The molecule has 1 aliphatic heterocycles. The van der Waals surface area contributed by atoms with Gasteiger partial charge in [0.05, 0.1) is 11.4 Å². The Morgan fingerprint density at radius 1 is 1.33 bits per heavy atom. The molecular weight excluding hydrogens is 242 g/mol. The third-order valence-corrected chi connectivity index (χ3v) is 4.64. The summed E-state index contributed by atoms with van der Waals surface area (Å²) in [5.74, 6) is 0. The van der Waals surface area contributed by atoms with Crippen molar-refractivity contribution in [2.24, 2.45) is 0 Å². The number of nitrogens with zero attached hydrogens (tertiary/aromatic N) is 2. The minimum atomic E-state index is 0.494. The third-order valence-electron chi connectivity index (χ3n) is 3.34. The van der Waals surface area contributed by atoms with E-state index in [-0.39, 0.29) is 0 Å². The van der Waals surface area contributed by atoms with Crippen LogP contribution in [0.3, 0.4) is 0 Å². The molecule has 3 rings (SSSR count). The van der Waals surface area contributed by atoms with Crippen molar-refractivity contribution in [3.05, 3.63) is 35.0 Å². The van der Waals surface area contributed by atoms with Gasteiger partial charge in [-0.2, -0.15) is 0 Å². The summed E-state index contributed by atoms with van der Waals surface area (Å²) in [5, 5.41) is 4.63. The van der Waals surface area contributed by atoms with Gasteiger partial charge in [0.25, 0.3) is 0 Å². The summed E-state index contributed by atoms with van der Waals surface area (Å²) in [6.07, 6.45) is 5.66. The number of thiazole rings is 1. The minimum Gasteiger partial charge on any atom is -0.309 e. The summed E-state index contributed by atoms with van der Waals surface area (Å²) in [6, 6.07) is 6.47. The van der Waals surface area contributed by atoms with E-state index < -0.39 is 0 Å². The molecule has 2 aromatic heterocycles. The average Bonchev–Trinajstić information content (AvgIpc) is 2.83. The number of hydrogen-bond acceptors (Lipinski definition) is 4. The van der Waals surface area contributed by atoms with Crippen LogP contribution in [0.15, 0.2) is 24.4 Å². The maximum absolute atomic E-state index is 4.67. The van der Waals surface area contributed by atoms with Crippen molar-refractivity contribution in [3.63, 3.8) is 0 Å². The Morgan fingerprint density at radius 2 is 2.28 bits per heavy atom. The van der Waals surface area contributed by atoms with Gasteiger partial charge in [0.15, 0.2) is 0 Å². The monoisotopic (exact) mass is 259 g/mol. The lowest BCUT2D eigenvalue weighted by Crippen LogP contribution is -2.26. The van der Waals surface area contributed by atoms with Gasteiger partial charge in [0, 0.05) is 17.1 Å². The highest BCUT2D eigenvalue weighted by Gasteiger charge is 2.20. The number of aryl methyl sites for hydroxylation is 1. The molecule has 1 N–H and O–H groups in total. The molecule has 1 fully saturated rings. The normalized spacial score (nSPS) is 19.9. The first-order valence-electron chi connectivity index (χ1n) is 6.47. The van der Waals surface area contributed by atoms with Crippen molar-refractivity contribution >= 4 is 11.3 Å². The van der Waals surface area contributed by atoms with Gasteiger partial charge in [-0.1, -0.05) is 12.5 Å². The Balaban J connectivity index is 1.91. The fraction of sp³-hybridized carbons (Fsp3) is 0.429. The number of rotatable bonds is 2. The van der Waals surface area contributed by atoms with Gasteiger partial charge in [-0.15, -0.1) is 11.3 Å². The van der Waals surface area contributed by atoms with Crippen molar-refractivity contribution in [3.8, 4) is 10.7 Å². The Labute approximate surface area is 111 Å². The lowest BCUT2D eigenvalue weighted by molar-refractivity contribution is 0.415. The van der Waals surface area contributed by atoms with Crippen LogP contribution in [0.5, 0.6) is 0 Å². The van der Waals surface area contributed by atoms with Gasteiger partial charge < -0.3 is 5.32 Å². The topological polar surface area (TPSA) is 37.8 Å². The fourth-order valence-electron chi connectivity index (χ4n) is 2.41. The van der Waals surface area contributed by atoms with E-state index >= 15 is 0 Å². The first kappa shape index (κ1) is 11.8. The molecule has 0 amide bonds. The van der Waals surface area contributed by atoms with Crippen molar-refractivity contribution in [2.75, 3.05) is 6.54 Å². The second-order valence-corrected chi connectivity index (χ2v) is 5.72. The zero-order valence-corrected chi connectivity index (χ0v) is 11.3. The molecule has 3 nitrogen and oxygen atoms in total. The molecule has 0 spiro atoms. The van der Waals surface area contributed by atoms with Crippen LogP contribution in [-0.4, -0.2) is 16.5 Å². The molecule has 1 atom stereocenters. The molecule has 4 heteroatoms. The smallest absolute Gasteiger partial charge is 0.142 e. The lowest BCUT2D eigenvalue weighted by atomic mass is 10.0. The number of hydrogen-bond donors (Lipinski definition) is 1. The van der Waals surface area contributed by atoms with E-state index in [2.05, 4.69) is 22.2 Å². The summed E-state index contributed by atoms with van der Waals surface area (Å²) in [6.45, 7) is 3.23. The average molecular weight is 259 g/mol. The predicted octanol–water partition coefficient (Wildman–Crippen LogP) is 3.33. The van der Waals surface area contributed by atoms with Crippen molar-refractivity contribution < 1.29 is 0 Å². The number of piperidine rings is 1. The Bertz CT molecular complexity index is 515. The van der Waals surface area contributed by atoms with E-state index in [1.807, 2.05) is 24.4 Å². The Hall–Kier alpha value is -1.26. The highest BCUT2D eigenvalue weighted by molar-refractivity contribution is 7.15. The van der Waals surface area contributed by atoms with Crippen LogP contribution in [0.25, 0.3) is 10.7 Å². The van der Waals surface area contributed by atoms with Crippen LogP contribution in [0.2, 0.25) is 0 Å². The van der Waals surface area contributed by atoms with E-state index in [9.17, 15) is 0 Å². The van der Waals surface area contributed by atoms with Crippen LogP contribution < -0.4 is 5.32 Å². The maximum atomic E-state index is 4.67. The minimum absolute atomic E-state index is 0.494. The van der Waals surface area contributed by atoms with E-state index in [0.717, 1.165) is 22.9 Å². The molecule has 1 unspecified atom stereocenters. The zero-order chi connectivity index (χ0) is 12.4. The van der Waals surface area contributed by atoms with Gasteiger partial charge in [0.1, 0.15) is 5.01 Å². The highest BCUT2D eigenvalue weighted by atomic mass is 32.1. The van der Waals surface area contributed by atoms with E-state index in [4.69, 9.17) is 0 Å². The molecule has 0 radical (unpaired) electrons. The van der Waals surface area contributed by atoms with Crippen molar-refractivity contribution in [1.29, 1.82) is 0 Å². The summed E-state index contributed by atoms with van der Waals surface area (Å²) >= 11 is 1.78. The Morgan fingerprint density at radius 3 is 3.00 bits per heavy atom. The van der Waals surface area contributed by atoms with Crippen LogP contribution in [0.1, 0.15) is 35.9 Å². The maximum Gasteiger partial charge on any atom is 0.142 e. The molecule has 2 aromatic rings. The Kier molecular flexibility index (Phi) is 3.39. The molecule has 0 bridgehead atoms.